The lowest BCUT2D eigenvalue weighted by atomic mass is 9.79. The van der Waals surface area contributed by atoms with Crippen LogP contribution in [0.2, 0.25) is 0 Å². The van der Waals surface area contributed by atoms with Crippen molar-refractivity contribution in [2.24, 2.45) is 5.73 Å². The molecule has 0 unspecified atom stereocenters. The minimum Gasteiger partial charge on any atom is -0.321 e. The number of rotatable bonds is 3. The molecular weight excluding hydrogens is 186 g/mol. The van der Waals surface area contributed by atoms with Gasteiger partial charge in [-0.25, -0.2) is 0 Å². The first kappa shape index (κ1) is 10.7. The van der Waals surface area contributed by atoms with Crippen LogP contribution in [0.4, 0.5) is 0 Å². The largest absolute Gasteiger partial charge is 0.321 e. The highest BCUT2D eigenvalue weighted by Crippen LogP contribution is 2.34. The monoisotopic (exact) mass is 207 g/mol. The Balaban J connectivity index is 2.12. The van der Waals surface area contributed by atoms with Gasteiger partial charge in [0, 0.05) is 23.8 Å². The van der Waals surface area contributed by atoms with Crippen molar-refractivity contribution in [3.05, 3.63) is 18.0 Å². The van der Waals surface area contributed by atoms with Gasteiger partial charge in [-0.3, -0.25) is 4.68 Å². The van der Waals surface area contributed by atoms with Crippen molar-refractivity contribution in [2.75, 3.05) is 0 Å². The molecule has 0 aromatic carbocycles. The van der Waals surface area contributed by atoms with Crippen molar-refractivity contribution in [1.82, 2.24) is 9.78 Å². The molecule has 0 bridgehead atoms. The van der Waals surface area contributed by atoms with Gasteiger partial charge < -0.3 is 5.73 Å². The maximum absolute atomic E-state index is 6.44. The second-order valence-electron chi connectivity index (χ2n) is 4.71. The van der Waals surface area contributed by atoms with Crippen molar-refractivity contribution in [3.63, 3.8) is 0 Å². The summed E-state index contributed by atoms with van der Waals surface area (Å²) >= 11 is 0. The lowest BCUT2D eigenvalue weighted by molar-refractivity contribution is 0.302. The van der Waals surface area contributed by atoms with Crippen LogP contribution in [0.25, 0.3) is 0 Å². The summed E-state index contributed by atoms with van der Waals surface area (Å²) in [7, 11) is 0. The van der Waals surface area contributed by atoms with Gasteiger partial charge in [-0.05, 0) is 19.3 Å². The number of aryl methyl sites for hydroxylation is 1. The lowest BCUT2D eigenvalue weighted by Crippen LogP contribution is -2.38. The highest BCUT2D eigenvalue weighted by atomic mass is 15.3. The number of nitrogens with two attached hydrogens (primary N) is 1. The molecule has 2 N–H and O–H groups in total. The molecule has 0 aliphatic heterocycles. The van der Waals surface area contributed by atoms with Crippen LogP contribution < -0.4 is 5.73 Å². The Kier molecular flexibility index (Phi) is 3.10. The average molecular weight is 207 g/mol. The Morgan fingerprint density at radius 3 is 2.80 bits per heavy atom. The molecule has 1 heterocycles. The summed E-state index contributed by atoms with van der Waals surface area (Å²) in [6.07, 6.45) is 11.3. The topological polar surface area (TPSA) is 43.8 Å². The fourth-order valence-electron chi connectivity index (χ4n) is 2.44. The van der Waals surface area contributed by atoms with Crippen LogP contribution in [0.15, 0.2) is 12.4 Å². The Bertz CT molecular complexity index is 310. The predicted octanol–water partition coefficient (Wildman–Crippen LogP) is 2.41. The average Bonchev–Trinajstić information content (AvgIpc) is 2.69. The first-order valence-electron chi connectivity index (χ1n) is 6.06. The lowest BCUT2D eigenvalue weighted by Gasteiger charge is -2.32. The van der Waals surface area contributed by atoms with E-state index in [0.29, 0.717) is 0 Å². The predicted molar refractivity (Wildman–Crippen MR) is 61.5 cm³/mol. The van der Waals surface area contributed by atoms with E-state index in [1.54, 1.807) is 0 Å². The summed E-state index contributed by atoms with van der Waals surface area (Å²) in [4.78, 5) is 0. The Labute approximate surface area is 91.7 Å². The maximum Gasteiger partial charge on any atom is 0.0540 e. The van der Waals surface area contributed by atoms with Gasteiger partial charge in [-0.15, -0.1) is 0 Å². The van der Waals surface area contributed by atoms with Crippen molar-refractivity contribution in [3.8, 4) is 0 Å². The van der Waals surface area contributed by atoms with E-state index < -0.39 is 0 Å². The molecule has 1 fully saturated rings. The smallest absolute Gasteiger partial charge is 0.0540 e. The summed E-state index contributed by atoms with van der Waals surface area (Å²) in [6.45, 7) is 3.16. The van der Waals surface area contributed by atoms with Gasteiger partial charge in [0.15, 0.2) is 0 Å². The number of aromatic nitrogens is 2. The van der Waals surface area contributed by atoms with E-state index in [1.807, 2.05) is 10.9 Å². The molecule has 1 aliphatic carbocycles. The molecule has 1 aliphatic rings. The molecule has 0 saturated heterocycles. The zero-order valence-corrected chi connectivity index (χ0v) is 9.58. The van der Waals surface area contributed by atoms with Crippen LogP contribution in [0.1, 0.15) is 51.0 Å². The summed E-state index contributed by atoms with van der Waals surface area (Å²) in [5, 5.41) is 4.36. The van der Waals surface area contributed by atoms with Crippen LogP contribution in [0.5, 0.6) is 0 Å². The molecule has 1 saturated carbocycles. The number of hydrogen-bond acceptors (Lipinski definition) is 2. The fourth-order valence-corrected chi connectivity index (χ4v) is 2.44. The van der Waals surface area contributed by atoms with Crippen LogP contribution in [0, 0.1) is 0 Å². The molecule has 84 valence electrons. The van der Waals surface area contributed by atoms with Crippen LogP contribution in [0.3, 0.4) is 0 Å². The maximum atomic E-state index is 6.44. The second kappa shape index (κ2) is 4.35. The fraction of sp³-hybridized carbons (Fsp3) is 0.750. The summed E-state index contributed by atoms with van der Waals surface area (Å²) in [5.41, 5.74) is 7.58. The van der Waals surface area contributed by atoms with E-state index in [2.05, 4.69) is 18.2 Å². The van der Waals surface area contributed by atoms with Crippen LogP contribution >= 0.6 is 0 Å². The van der Waals surface area contributed by atoms with Crippen LogP contribution in [-0.2, 0) is 12.1 Å². The third kappa shape index (κ3) is 2.23. The Morgan fingerprint density at radius 1 is 1.40 bits per heavy atom. The molecular formula is C12H21N3. The summed E-state index contributed by atoms with van der Waals surface area (Å²) < 4.78 is 2.01. The van der Waals surface area contributed by atoms with E-state index >= 15 is 0 Å². The molecule has 0 atom stereocenters. The third-order valence-corrected chi connectivity index (χ3v) is 3.41. The normalized spacial score (nSPS) is 20.4. The summed E-state index contributed by atoms with van der Waals surface area (Å²) in [6, 6.07) is 0. The first-order chi connectivity index (χ1) is 7.24. The van der Waals surface area contributed by atoms with Crippen molar-refractivity contribution < 1.29 is 0 Å². The van der Waals surface area contributed by atoms with Crippen LogP contribution in [-0.4, -0.2) is 9.78 Å². The van der Waals surface area contributed by atoms with Crippen molar-refractivity contribution in [2.45, 2.75) is 57.5 Å². The molecule has 1 aromatic heterocycles. The minimum atomic E-state index is -0.0930. The first-order valence-corrected chi connectivity index (χ1v) is 6.06. The van der Waals surface area contributed by atoms with E-state index in [4.69, 9.17) is 5.73 Å². The molecule has 0 amide bonds. The number of nitrogens with zero attached hydrogens (tertiary/aromatic N) is 2. The van der Waals surface area contributed by atoms with Gasteiger partial charge in [0.05, 0.1) is 6.20 Å². The van der Waals surface area contributed by atoms with E-state index in [-0.39, 0.29) is 5.54 Å². The molecule has 15 heavy (non-hydrogen) atoms. The second-order valence-corrected chi connectivity index (χ2v) is 4.71. The van der Waals surface area contributed by atoms with Gasteiger partial charge in [-0.1, -0.05) is 26.2 Å². The SMILES string of the molecule is CCCn1cc(C2(N)CCCCC2)cn1. The van der Waals surface area contributed by atoms with Crippen molar-refractivity contribution >= 4 is 0 Å². The van der Waals surface area contributed by atoms with Gasteiger partial charge in [0.25, 0.3) is 0 Å². The zero-order chi connectivity index (χ0) is 10.7. The molecule has 2 rings (SSSR count). The number of hydrogen-bond donors (Lipinski definition) is 1. The minimum absolute atomic E-state index is 0.0930. The molecule has 0 spiro atoms. The highest BCUT2D eigenvalue weighted by molar-refractivity contribution is 5.18. The van der Waals surface area contributed by atoms with Gasteiger partial charge in [0.1, 0.15) is 0 Å². The van der Waals surface area contributed by atoms with Gasteiger partial charge in [0.2, 0.25) is 0 Å². The Morgan fingerprint density at radius 2 is 2.13 bits per heavy atom. The molecule has 0 radical (unpaired) electrons. The Hall–Kier alpha value is -0.830. The third-order valence-electron chi connectivity index (χ3n) is 3.41. The molecule has 3 nitrogen and oxygen atoms in total. The van der Waals surface area contributed by atoms with Crippen molar-refractivity contribution in [1.29, 1.82) is 0 Å². The summed E-state index contributed by atoms with van der Waals surface area (Å²) in [5.74, 6) is 0. The van der Waals surface area contributed by atoms with Gasteiger partial charge in [-0.2, -0.15) is 5.10 Å². The molecule has 1 aromatic rings. The molecule has 3 heteroatoms. The highest BCUT2D eigenvalue weighted by Gasteiger charge is 2.30. The van der Waals surface area contributed by atoms with Gasteiger partial charge >= 0.3 is 0 Å². The zero-order valence-electron chi connectivity index (χ0n) is 9.58. The van der Waals surface area contributed by atoms with E-state index in [1.165, 1.54) is 24.8 Å². The van der Waals surface area contributed by atoms with E-state index in [0.717, 1.165) is 25.8 Å². The quantitative estimate of drug-likeness (QED) is 0.827. The standard InChI is InChI=1S/C12H21N3/c1-2-8-15-10-11(9-14-15)12(13)6-4-3-5-7-12/h9-10H,2-8,13H2,1H3. The van der Waals surface area contributed by atoms with E-state index in [9.17, 15) is 0 Å².